The van der Waals surface area contributed by atoms with Gasteiger partial charge in [0.2, 0.25) is 0 Å². The van der Waals surface area contributed by atoms with Crippen molar-refractivity contribution in [1.29, 1.82) is 0 Å². The zero-order valence-corrected chi connectivity index (χ0v) is 26.0. The number of aromatic nitrogens is 2. The van der Waals surface area contributed by atoms with Crippen molar-refractivity contribution in [1.82, 2.24) is 14.9 Å². The molecule has 13 heteroatoms. The third kappa shape index (κ3) is 7.40. The average Bonchev–Trinajstić information content (AvgIpc) is 3.25. The molecule has 2 aromatic carbocycles. The van der Waals surface area contributed by atoms with E-state index in [2.05, 4.69) is 37.7 Å². The Hall–Kier alpha value is -3.94. The Labute approximate surface area is 258 Å². The highest BCUT2D eigenvalue weighted by atomic mass is 32.2. The summed E-state index contributed by atoms with van der Waals surface area (Å²) in [6.45, 7) is 5.63. The fraction of sp³-hybridized carbons (Fsp3) is 0.452. The van der Waals surface area contributed by atoms with Gasteiger partial charge < -0.3 is 35.4 Å². The van der Waals surface area contributed by atoms with E-state index in [0.717, 1.165) is 61.8 Å². The Morgan fingerprint density at radius 1 is 0.909 bits per heavy atom. The van der Waals surface area contributed by atoms with E-state index in [0.29, 0.717) is 30.5 Å². The van der Waals surface area contributed by atoms with Crippen molar-refractivity contribution in [2.75, 3.05) is 90.7 Å². The van der Waals surface area contributed by atoms with Gasteiger partial charge in [0.1, 0.15) is 21.5 Å². The van der Waals surface area contributed by atoms with Crippen LogP contribution in [0.5, 0.6) is 0 Å². The second kappa shape index (κ2) is 13.0. The summed E-state index contributed by atoms with van der Waals surface area (Å²) in [7, 11) is -0.977. The lowest BCUT2D eigenvalue weighted by atomic mass is 10.2. The largest absolute Gasteiger partial charge is 0.377 e. The number of morpholine rings is 1. The molecule has 1 aromatic heterocycles. The predicted octanol–water partition coefficient (Wildman–Crippen LogP) is 3.36. The minimum atomic E-state index is -3.11. The molecule has 2 unspecified atom stereocenters. The van der Waals surface area contributed by atoms with Crippen LogP contribution in [0.3, 0.4) is 0 Å². The predicted molar refractivity (Wildman–Crippen MR) is 175 cm³/mol. The van der Waals surface area contributed by atoms with Crippen LogP contribution in [0, 0.1) is 0 Å². The molecule has 3 aromatic rings. The van der Waals surface area contributed by atoms with Crippen molar-refractivity contribution in [2.45, 2.75) is 24.9 Å². The number of hydrogen-bond donors (Lipinski definition) is 3. The maximum Gasteiger partial charge on any atom is 0.323 e. The molecule has 3 aliphatic rings. The number of sulfone groups is 1. The molecule has 2 amide bonds. The number of hydrogen-bond acceptors (Lipinski definition) is 10. The summed E-state index contributed by atoms with van der Waals surface area (Å²) < 4.78 is 29.1. The minimum Gasteiger partial charge on any atom is -0.377 e. The number of carbonyl (C=O) groups is 1. The zero-order chi connectivity index (χ0) is 30.7. The monoisotopic (exact) mass is 620 g/mol. The van der Waals surface area contributed by atoms with Crippen LogP contribution in [-0.4, -0.2) is 106 Å². The Morgan fingerprint density at radius 3 is 2.14 bits per heavy atom. The molecular weight excluding hydrogens is 580 g/mol. The van der Waals surface area contributed by atoms with Crippen molar-refractivity contribution in [3.8, 4) is 11.4 Å². The molecule has 0 spiro atoms. The third-order valence-corrected chi connectivity index (χ3v) is 9.34. The highest BCUT2D eigenvalue weighted by molar-refractivity contribution is 7.90. The first-order valence-corrected chi connectivity index (χ1v) is 17.1. The number of rotatable bonds is 9. The number of piperazine rings is 1. The number of nitrogens with one attached hydrogen (secondary N) is 3. The fourth-order valence-corrected chi connectivity index (χ4v) is 6.44. The molecule has 0 aliphatic carbocycles. The highest BCUT2D eigenvalue weighted by Gasteiger charge is 2.38. The fourth-order valence-electron chi connectivity index (χ4n) is 5.97. The second-order valence-corrected chi connectivity index (χ2v) is 14.1. The molecule has 12 nitrogen and oxygen atoms in total. The zero-order valence-electron chi connectivity index (χ0n) is 25.2. The van der Waals surface area contributed by atoms with Crippen LogP contribution in [0.25, 0.3) is 11.4 Å². The molecular formula is C31H40N8O4S. The lowest BCUT2D eigenvalue weighted by Crippen LogP contribution is -2.46. The van der Waals surface area contributed by atoms with Gasteiger partial charge in [0.05, 0.1) is 31.1 Å². The number of ether oxygens (including phenoxy) is 1. The summed E-state index contributed by atoms with van der Waals surface area (Å²) >= 11 is 0. The number of likely N-dealkylation sites (N-methyl/N-ethyl adjacent to an activating group) is 1. The van der Waals surface area contributed by atoms with Crippen LogP contribution in [0.4, 0.5) is 33.5 Å². The Balaban J connectivity index is 1.12. The van der Waals surface area contributed by atoms with Gasteiger partial charge in [-0.15, -0.1) is 0 Å². The van der Waals surface area contributed by atoms with Gasteiger partial charge in [0.25, 0.3) is 0 Å². The SMILES string of the molecule is CN1CCN(c2ccc(NC(=O)Nc3ccc(-c4nc(NCCS(C)(=O)=O)cc(N5C6CCC5COC6)n4)cc3)cc2)CC1. The first-order valence-electron chi connectivity index (χ1n) is 15.1. The molecule has 0 saturated carbocycles. The highest BCUT2D eigenvalue weighted by Crippen LogP contribution is 2.35. The van der Waals surface area contributed by atoms with Crippen molar-refractivity contribution < 1.29 is 17.9 Å². The molecule has 6 rings (SSSR count). The lowest BCUT2D eigenvalue weighted by molar-refractivity contribution is 0.0902. The number of nitrogens with zero attached hydrogens (tertiary/aromatic N) is 5. The lowest BCUT2D eigenvalue weighted by Gasteiger charge is -2.35. The average molecular weight is 621 g/mol. The summed E-state index contributed by atoms with van der Waals surface area (Å²) in [6, 6.07) is 17.4. The van der Waals surface area contributed by atoms with E-state index >= 15 is 0 Å². The number of carbonyl (C=O) groups excluding carboxylic acids is 1. The number of urea groups is 1. The van der Waals surface area contributed by atoms with Crippen LogP contribution in [0.1, 0.15) is 12.8 Å². The van der Waals surface area contributed by atoms with Crippen LogP contribution >= 0.6 is 0 Å². The van der Waals surface area contributed by atoms with Gasteiger partial charge in [0.15, 0.2) is 5.82 Å². The smallest absolute Gasteiger partial charge is 0.323 e. The molecule has 3 saturated heterocycles. The minimum absolute atomic E-state index is 0.00725. The maximum atomic E-state index is 12.7. The Bertz CT molecular complexity index is 1540. The first-order chi connectivity index (χ1) is 21.2. The quantitative estimate of drug-likeness (QED) is 0.327. The second-order valence-electron chi connectivity index (χ2n) is 11.8. The standard InChI is InChI=1S/C31H40N8O4S/c1-37-14-16-38(17-15-37)25-9-7-24(8-10-25)34-31(40)33-23-5-3-22(4-6-23)30-35-28(32-13-18-44(2,41)42)19-29(36-30)39-26-11-12-27(39)21-43-20-26/h3-10,19,26-27H,11-18,20-21H2,1-2H3,(H,32,35,36)(H2,33,34,40). The molecule has 44 heavy (non-hydrogen) atoms. The van der Waals surface area contributed by atoms with Gasteiger partial charge in [-0.3, -0.25) is 0 Å². The van der Waals surface area contributed by atoms with Crippen molar-refractivity contribution in [3.05, 3.63) is 54.6 Å². The van der Waals surface area contributed by atoms with Crippen molar-refractivity contribution in [3.63, 3.8) is 0 Å². The van der Waals surface area contributed by atoms with Gasteiger partial charge in [-0.05, 0) is 68.4 Å². The molecule has 2 atom stereocenters. The van der Waals surface area contributed by atoms with Gasteiger partial charge >= 0.3 is 6.03 Å². The molecule has 0 radical (unpaired) electrons. The molecule has 3 N–H and O–H groups in total. The normalized spacial score (nSPS) is 20.4. The van der Waals surface area contributed by atoms with Gasteiger partial charge in [-0.25, -0.2) is 23.2 Å². The Morgan fingerprint density at radius 2 is 1.52 bits per heavy atom. The number of fused-ring (bicyclic) bond motifs is 2. The van der Waals surface area contributed by atoms with Gasteiger partial charge in [0, 0.05) is 67.7 Å². The van der Waals surface area contributed by atoms with Gasteiger partial charge in [-0.1, -0.05) is 0 Å². The van der Waals surface area contributed by atoms with E-state index in [1.807, 2.05) is 54.6 Å². The van der Waals surface area contributed by atoms with Crippen LogP contribution in [0.2, 0.25) is 0 Å². The van der Waals surface area contributed by atoms with Crippen molar-refractivity contribution in [2.24, 2.45) is 0 Å². The van der Waals surface area contributed by atoms with E-state index in [4.69, 9.17) is 14.7 Å². The molecule has 234 valence electrons. The molecule has 3 fully saturated rings. The van der Waals surface area contributed by atoms with Crippen molar-refractivity contribution >= 4 is 44.6 Å². The molecule has 3 aliphatic heterocycles. The number of amides is 2. The summed E-state index contributed by atoms with van der Waals surface area (Å²) in [6.07, 6.45) is 3.31. The topological polar surface area (TPSA) is 132 Å². The van der Waals surface area contributed by atoms with Crippen LogP contribution < -0.4 is 25.8 Å². The van der Waals surface area contributed by atoms with Crippen LogP contribution in [-0.2, 0) is 14.6 Å². The van der Waals surface area contributed by atoms with E-state index in [-0.39, 0.29) is 30.4 Å². The molecule has 4 heterocycles. The summed E-state index contributed by atoms with van der Waals surface area (Å²) in [5, 5.41) is 8.96. The Kier molecular flexibility index (Phi) is 8.87. The van der Waals surface area contributed by atoms with E-state index in [9.17, 15) is 13.2 Å². The maximum absolute atomic E-state index is 12.7. The van der Waals surface area contributed by atoms with E-state index in [1.54, 1.807) is 0 Å². The third-order valence-electron chi connectivity index (χ3n) is 8.39. The summed E-state index contributed by atoms with van der Waals surface area (Å²) in [5.41, 5.74) is 3.29. The number of benzene rings is 2. The first kappa shape index (κ1) is 30.1. The summed E-state index contributed by atoms with van der Waals surface area (Å²) in [5.74, 6) is 1.90. The van der Waals surface area contributed by atoms with Gasteiger partial charge in [-0.2, -0.15) is 0 Å². The van der Waals surface area contributed by atoms with E-state index < -0.39 is 9.84 Å². The number of anilines is 5. The molecule has 2 bridgehead atoms. The van der Waals surface area contributed by atoms with Crippen LogP contribution in [0.15, 0.2) is 54.6 Å². The van der Waals surface area contributed by atoms with E-state index in [1.165, 1.54) is 6.26 Å². The summed E-state index contributed by atoms with van der Waals surface area (Å²) in [4.78, 5) is 29.3.